The van der Waals surface area contributed by atoms with Crippen molar-refractivity contribution in [1.82, 2.24) is 10.2 Å². The maximum Gasteiger partial charge on any atom is 0.0593 e. The van der Waals surface area contributed by atoms with E-state index in [1.165, 1.54) is 32.1 Å². The molecule has 114 valence electrons. The molecule has 0 amide bonds. The molecule has 1 aliphatic carbocycles. The molecule has 0 radical (unpaired) electrons. The lowest BCUT2D eigenvalue weighted by Gasteiger charge is -2.31. The first-order valence-corrected chi connectivity index (χ1v) is 8.03. The van der Waals surface area contributed by atoms with Gasteiger partial charge in [-0.1, -0.05) is 26.7 Å². The lowest BCUT2D eigenvalue weighted by Crippen LogP contribution is -2.36. The van der Waals surface area contributed by atoms with Crippen molar-refractivity contribution in [2.24, 2.45) is 11.8 Å². The summed E-state index contributed by atoms with van der Waals surface area (Å²) in [6, 6.07) is 0.731. The normalized spacial score (nSPS) is 24.3. The van der Waals surface area contributed by atoms with Crippen molar-refractivity contribution in [3.05, 3.63) is 0 Å². The Labute approximate surface area is 120 Å². The first kappa shape index (κ1) is 16.9. The van der Waals surface area contributed by atoms with Gasteiger partial charge in [0.2, 0.25) is 0 Å². The molecule has 1 saturated carbocycles. The van der Waals surface area contributed by atoms with Crippen molar-refractivity contribution in [3.8, 4) is 0 Å². The van der Waals surface area contributed by atoms with Crippen LogP contribution in [0, 0.1) is 11.8 Å². The van der Waals surface area contributed by atoms with Gasteiger partial charge in [0.1, 0.15) is 0 Å². The second-order valence-corrected chi connectivity index (χ2v) is 6.73. The van der Waals surface area contributed by atoms with Crippen LogP contribution >= 0.6 is 0 Å². The third-order valence-electron chi connectivity index (χ3n) is 3.95. The Kier molecular flexibility index (Phi) is 8.67. The SMILES string of the molecule is CC(C)CC1CCCC(NCCOCCN(C)C)C1. The number of nitrogens with zero attached hydrogens (tertiary/aromatic N) is 1. The van der Waals surface area contributed by atoms with Gasteiger partial charge in [-0.2, -0.15) is 0 Å². The fourth-order valence-corrected chi connectivity index (χ4v) is 3.04. The highest BCUT2D eigenvalue weighted by atomic mass is 16.5. The Morgan fingerprint density at radius 1 is 1.21 bits per heavy atom. The van der Waals surface area contributed by atoms with Crippen molar-refractivity contribution in [3.63, 3.8) is 0 Å². The van der Waals surface area contributed by atoms with Crippen LogP contribution in [0.25, 0.3) is 0 Å². The molecule has 3 heteroatoms. The highest BCUT2D eigenvalue weighted by Gasteiger charge is 2.21. The predicted octanol–water partition coefficient (Wildman–Crippen LogP) is 2.76. The Bertz CT molecular complexity index is 219. The lowest BCUT2D eigenvalue weighted by molar-refractivity contribution is 0.114. The van der Waals surface area contributed by atoms with Crippen LogP contribution in [0.2, 0.25) is 0 Å². The van der Waals surface area contributed by atoms with Crippen LogP contribution < -0.4 is 5.32 Å². The predicted molar refractivity (Wildman–Crippen MR) is 82.6 cm³/mol. The second-order valence-electron chi connectivity index (χ2n) is 6.73. The molecule has 2 atom stereocenters. The van der Waals surface area contributed by atoms with Gasteiger partial charge in [-0.05, 0) is 45.2 Å². The van der Waals surface area contributed by atoms with Gasteiger partial charge < -0.3 is 15.0 Å². The standard InChI is InChI=1S/C16H34N2O/c1-14(2)12-15-6-5-7-16(13-15)17-8-10-19-11-9-18(3)4/h14-17H,5-13H2,1-4H3. The third-order valence-corrected chi connectivity index (χ3v) is 3.95. The zero-order valence-corrected chi connectivity index (χ0v) is 13.5. The number of ether oxygens (including phenoxy) is 1. The molecular weight excluding hydrogens is 236 g/mol. The van der Waals surface area contributed by atoms with E-state index in [1.54, 1.807) is 0 Å². The largest absolute Gasteiger partial charge is 0.379 e. The first-order valence-electron chi connectivity index (χ1n) is 8.03. The van der Waals surface area contributed by atoms with Gasteiger partial charge in [0.15, 0.2) is 0 Å². The summed E-state index contributed by atoms with van der Waals surface area (Å²) in [5.74, 6) is 1.79. The van der Waals surface area contributed by atoms with Crippen molar-refractivity contribution >= 4 is 0 Å². The second kappa shape index (κ2) is 9.73. The first-order chi connectivity index (χ1) is 9.08. The van der Waals surface area contributed by atoms with E-state index < -0.39 is 0 Å². The van der Waals surface area contributed by atoms with Crippen LogP contribution in [0.5, 0.6) is 0 Å². The fraction of sp³-hybridized carbons (Fsp3) is 1.00. The van der Waals surface area contributed by atoms with Crippen LogP contribution in [0.1, 0.15) is 46.0 Å². The summed E-state index contributed by atoms with van der Waals surface area (Å²) in [5, 5.41) is 3.67. The summed E-state index contributed by atoms with van der Waals surface area (Å²) >= 11 is 0. The molecule has 0 aliphatic heterocycles. The van der Waals surface area contributed by atoms with Crippen molar-refractivity contribution in [2.75, 3.05) is 40.4 Å². The average molecular weight is 270 g/mol. The molecule has 1 N–H and O–H groups in total. The number of hydrogen-bond acceptors (Lipinski definition) is 3. The molecule has 0 aromatic carbocycles. The number of likely N-dealkylation sites (N-methyl/N-ethyl adjacent to an activating group) is 1. The summed E-state index contributed by atoms with van der Waals surface area (Å²) in [7, 11) is 4.16. The molecule has 1 fully saturated rings. The topological polar surface area (TPSA) is 24.5 Å². The minimum absolute atomic E-state index is 0.731. The molecule has 0 aromatic heterocycles. The van der Waals surface area contributed by atoms with Gasteiger partial charge in [-0.3, -0.25) is 0 Å². The van der Waals surface area contributed by atoms with E-state index in [0.29, 0.717) is 0 Å². The van der Waals surface area contributed by atoms with E-state index in [-0.39, 0.29) is 0 Å². The summed E-state index contributed by atoms with van der Waals surface area (Å²) in [6.45, 7) is 8.39. The van der Waals surface area contributed by atoms with Crippen molar-refractivity contribution in [2.45, 2.75) is 52.0 Å². The van der Waals surface area contributed by atoms with Gasteiger partial charge >= 0.3 is 0 Å². The minimum Gasteiger partial charge on any atom is -0.379 e. The summed E-state index contributed by atoms with van der Waals surface area (Å²) < 4.78 is 5.62. The van der Waals surface area contributed by atoms with Crippen molar-refractivity contribution < 1.29 is 4.74 Å². The Hall–Kier alpha value is -0.120. The van der Waals surface area contributed by atoms with Crippen LogP contribution in [0.3, 0.4) is 0 Å². The van der Waals surface area contributed by atoms with Gasteiger partial charge in [0.05, 0.1) is 13.2 Å². The average Bonchev–Trinajstić information content (AvgIpc) is 2.33. The van der Waals surface area contributed by atoms with Gasteiger partial charge in [-0.25, -0.2) is 0 Å². The maximum absolute atomic E-state index is 5.62. The highest BCUT2D eigenvalue weighted by molar-refractivity contribution is 4.78. The van der Waals surface area contributed by atoms with Gasteiger partial charge in [-0.15, -0.1) is 0 Å². The molecule has 0 saturated heterocycles. The van der Waals surface area contributed by atoms with E-state index >= 15 is 0 Å². The van der Waals surface area contributed by atoms with Crippen molar-refractivity contribution in [1.29, 1.82) is 0 Å². The smallest absolute Gasteiger partial charge is 0.0593 e. The highest BCUT2D eigenvalue weighted by Crippen LogP contribution is 2.29. The van der Waals surface area contributed by atoms with Gasteiger partial charge in [0, 0.05) is 19.1 Å². The van der Waals surface area contributed by atoms with Crippen LogP contribution in [0.15, 0.2) is 0 Å². The molecule has 2 unspecified atom stereocenters. The van der Waals surface area contributed by atoms with Crippen LogP contribution in [-0.4, -0.2) is 51.3 Å². The molecule has 0 heterocycles. The zero-order valence-electron chi connectivity index (χ0n) is 13.5. The minimum atomic E-state index is 0.731. The molecule has 1 aliphatic rings. The van der Waals surface area contributed by atoms with E-state index in [1.807, 2.05) is 0 Å². The number of nitrogens with one attached hydrogen (secondary N) is 1. The fourth-order valence-electron chi connectivity index (χ4n) is 3.04. The Morgan fingerprint density at radius 2 is 2.00 bits per heavy atom. The monoisotopic (exact) mass is 270 g/mol. The van der Waals surface area contributed by atoms with E-state index in [0.717, 1.165) is 44.2 Å². The van der Waals surface area contributed by atoms with Crippen LogP contribution in [-0.2, 0) is 4.74 Å². The van der Waals surface area contributed by atoms with Crippen LogP contribution in [0.4, 0.5) is 0 Å². The zero-order chi connectivity index (χ0) is 14.1. The quantitative estimate of drug-likeness (QED) is 0.652. The Morgan fingerprint density at radius 3 is 2.68 bits per heavy atom. The molecule has 0 spiro atoms. The number of rotatable bonds is 9. The maximum atomic E-state index is 5.62. The van der Waals surface area contributed by atoms with E-state index in [9.17, 15) is 0 Å². The molecule has 3 nitrogen and oxygen atoms in total. The molecule has 19 heavy (non-hydrogen) atoms. The molecule has 1 rings (SSSR count). The summed E-state index contributed by atoms with van der Waals surface area (Å²) in [4.78, 5) is 2.16. The third kappa shape index (κ3) is 8.61. The lowest BCUT2D eigenvalue weighted by atomic mass is 9.81. The summed E-state index contributed by atoms with van der Waals surface area (Å²) in [5.41, 5.74) is 0. The molecule has 0 bridgehead atoms. The number of hydrogen-bond donors (Lipinski definition) is 1. The van der Waals surface area contributed by atoms with Gasteiger partial charge in [0.25, 0.3) is 0 Å². The van der Waals surface area contributed by atoms with E-state index in [2.05, 4.69) is 38.2 Å². The summed E-state index contributed by atoms with van der Waals surface area (Å²) in [6.07, 6.45) is 6.96. The molecular formula is C16H34N2O. The Balaban J connectivity index is 2.02. The van der Waals surface area contributed by atoms with E-state index in [4.69, 9.17) is 4.74 Å². The molecule has 0 aromatic rings.